The van der Waals surface area contributed by atoms with Crippen LogP contribution in [0.3, 0.4) is 0 Å². The molecule has 1 saturated carbocycles. The third kappa shape index (κ3) is 2.74. The summed E-state index contributed by atoms with van der Waals surface area (Å²) in [4.78, 5) is 26.6. The Morgan fingerprint density at radius 1 is 1.36 bits per heavy atom. The third-order valence-electron chi connectivity index (χ3n) is 5.03. The van der Waals surface area contributed by atoms with Gasteiger partial charge >= 0.3 is 0 Å². The lowest BCUT2D eigenvalue weighted by atomic mass is 9.92. The molecule has 1 atom stereocenters. The Bertz CT molecular complexity index is 593. The van der Waals surface area contributed by atoms with Crippen LogP contribution in [-0.4, -0.2) is 29.3 Å². The van der Waals surface area contributed by atoms with Crippen LogP contribution in [0.15, 0.2) is 18.2 Å². The van der Waals surface area contributed by atoms with Crippen molar-refractivity contribution in [1.82, 2.24) is 4.90 Å². The molecular weight excluding hydrogens is 276 g/mol. The number of hydrogen-bond donors (Lipinski definition) is 1. The number of aryl methyl sites for hydroxylation is 2. The van der Waals surface area contributed by atoms with E-state index < -0.39 is 0 Å². The van der Waals surface area contributed by atoms with Gasteiger partial charge in [-0.3, -0.25) is 9.59 Å². The monoisotopic (exact) mass is 300 g/mol. The van der Waals surface area contributed by atoms with Gasteiger partial charge in [-0.15, -0.1) is 0 Å². The summed E-state index contributed by atoms with van der Waals surface area (Å²) in [6.07, 6.45) is 4.63. The molecule has 1 saturated heterocycles. The average molecular weight is 300 g/mol. The van der Waals surface area contributed by atoms with Crippen molar-refractivity contribution in [2.45, 2.75) is 52.0 Å². The van der Waals surface area contributed by atoms with Crippen molar-refractivity contribution in [3.8, 4) is 0 Å². The first kappa shape index (κ1) is 15.1. The second-order valence-electron chi connectivity index (χ2n) is 6.48. The lowest BCUT2D eigenvalue weighted by Gasteiger charge is -2.34. The van der Waals surface area contributed by atoms with E-state index in [4.69, 9.17) is 0 Å². The number of benzene rings is 1. The predicted molar refractivity (Wildman–Crippen MR) is 86.6 cm³/mol. The lowest BCUT2D eigenvalue weighted by molar-refractivity contribution is -0.131. The molecule has 1 aromatic carbocycles. The fourth-order valence-corrected chi connectivity index (χ4v) is 3.39. The van der Waals surface area contributed by atoms with Gasteiger partial charge in [-0.05, 0) is 43.7 Å². The van der Waals surface area contributed by atoms with Gasteiger partial charge < -0.3 is 10.2 Å². The van der Waals surface area contributed by atoms with Crippen LogP contribution in [0.2, 0.25) is 0 Å². The number of nitrogens with zero attached hydrogens (tertiary/aromatic N) is 1. The zero-order valence-corrected chi connectivity index (χ0v) is 13.4. The van der Waals surface area contributed by atoms with Crippen molar-refractivity contribution in [1.29, 1.82) is 0 Å². The summed E-state index contributed by atoms with van der Waals surface area (Å²) >= 11 is 0. The summed E-state index contributed by atoms with van der Waals surface area (Å²) in [5.41, 5.74) is 3.14. The van der Waals surface area contributed by atoms with Crippen LogP contribution < -0.4 is 5.32 Å². The Balaban J connectivity index is 1.69. The number of amides is 2. The molecule has 2 aliphatic rings. The van der Waals surface area contributed by atoms with Gasteiger partial charge in [0.1, 0.15) is 0 Å². The van der Waals surface area contributed by atoms with E-state index in [1.807, 2.05) is 30.0 Å². The van der Waals surface area contributed by atoms with Crippen LogP contribution in [0.4, 0.5) is 5.69 Å². The van der Waals surface area contributed by atoms with Crippen LogP contribution in [-0.2, 0) is 16.0 Å². The lowest BCUT2D eigenvalue weighted by Crippen LogP contribution is -2.41. The van der Waals surface area contributed by atoms with Gasteiger partial charge in [-0.2, -0.15) is 0 Å². The van der Waals surface area contributed by atoms with E-state index in [1.165, 1.54) is 6.42 Å². The zero-order chi connectivity index (χ0) is 15.7. The summed E-state index contributed by atoms with van der Waals surface area (Å²) in [5, 5.41) is 3.07. The maximum Gasteiger partial charge on any atom is 0.229 e. The Morgan fingerprint density at radius 2 is 2.14 bits per heavy atom. The molecule has 0 radical (unpaired) electrons. The summed E-state index contributed by atoms with van der Waals surface area (Å²) in [5.74, 6) is -0.0815. The summed E-state index contributed by atoms with van der Waals surface area (Å²) in [6.45, 7) is 4.68. The maximum atomic E-state index is 12.6. The van der Waals surface area contributed by atoms with Crippen LogP contribution in [0.1, 0.15) is 43.7 Å². The number of hydrogen-bond acceptors (Lipinski definition) is 2. The highest BCUT2D eigenvalue weighted by Gasteiger charge is 2.39. The largest absolute Gasteiger partial charge is 0.339 e. The van der Waals surface area contributed by atoms with Crippen molar-refractivity contribution in [3.63, 3.8) is 0 Å². The molecule has 1 heterocycles. The van der Waals surface area contributed by atoms with Crippen molar-refractivity contribution in [2.75, 3.05) is 11.9 Å². The molecule has 1 unspecified atom stereocenters. The number of nitrogens with one attached hydrogen (secondary N) is 1. The molecule has 1 aliphatic carbocycles. The maximum absolute atomic E-state index is 12.6. The number of para-hydroxylation sites is 1. The number of anilines is 1. The molecule has 2 fully saturated rings. The molecule has 1 aliphatic heterocycles. The Labute approximate surface area is 131 Å². The number of carbonyl (C=O) groups is 2. The molecular formula is C18H24N2O2. The van der Waals surface area contributed by atoms with Crippen LogP contribution in [0, 0.1) is 12.8 Å². The minimum atomic E-state index is -0.211. The molecule has 118 valence electrons. The summed E-state index contributed by atoms with van der Waals surface area (Å²) < 4.78 is 0. The van der Waals surface area contributed by atoms with Crippen molar-refractivity contribution < 1.29 is 9.59 Å². The highest BCUT2D eigenvalue weighted by molar-refractivity contribution is 5.98. The first-order chi connectivity index (χ1) is 10.6. The Morgan fingerprint density at radius 3 is 2.77 bits per heavy atom. The SMILES string of the molecule is CCc1cccc(C)c1NC(=O)C1CC(=O)N(C2CCC2)C1. The molecule has 1 N–H and O–H groups in total. The number of carbonyl (C=O) groups excluding carboxylic acids is 2. The van der Waals surface area contributed by atoms with Crippen LogP contribution in [0.25, 0.3) is 0 Å². The average Bonchev–Trinajstić information content (AvgIpc) is 2.81. The fourth-order valence-electron chi connectivity index (χ4n) is 3.39. The molecule has 0 spiro atoms. The minimum Gasteiger partial charge on any atom is -0.339 e. The van der Waals surface area contributed by atoms with Crippen LogP contribution in [0.5, 0.6) is 0 Å². The van der Waals surface area contributed by atoms with E-state index in [0.29, 0.717) is 19.0 Å². The van der Waals surface area contributed by atoms with Gasteiger partial charge in [0.05, 0.1) is 5.92 Å². The molecule has 2 amide bonds. The minimum absolute atomic E-state index is 0.0147. The molecule has 0 aromatic heterocycles. The molecule has 0 bridgehead atoms. The normalized spacial score (nSPS) is 21.8. The first-order valence-electron chi connectivity index (χ1n) is 8.29. The Kier molecular flexibility index (Phi) is 4.19. The highest BCUT2D eigenvalue weighted by Crippen LogP contribution is 2.31. The fraction of sp³-hybridized carbons (Fsp3) is 0.556. The van der Waals surface area contributed by atoms with E-state index in [0.717, 1.165) is 36.1 Å². The second-order valence-corrected chi connectivity index (χ2v) is 6.48. The van der Waals surface area contributed by atoms with Crippen LogP contribution >= 0.6 is 0 Å². The van der Waals surface area contributed by atoms with Gasteiger partial charge in [-0.1, -0.05) is 25.1 Å². The van der Waals surface area contributed by atoms with Crippen molar-refractivity contribution in [2.24, 2.45) is 5.92 Å². The Hall–Kier alpha value is -1.84. The first-order valence-corrected chi connectivity index (χ1v) is 8.29. The quantitative estimate of drug-likeness (QED) is 0.929. The van der Waals surface area contributed by atoms with Gasteiger partial charge in [-0.25, -0.2) is 0 Å². The van der Waals surface area contributed by atoms with Gasteiger partial charge in [0.15, 0.2) is 0 Å². The zero-order valence-electron chi connectivity index (χ0n) is 13.4. The second kappa shape index (κ2) is 6.11. The summed E-state index contributed by atoms with van der Waals surface area (Å²) in [7, 11) is 0. The summed E-state index contributed by atoms with van der Waals surface area (Å²) in [6, 6.07) is 6.45. The van der Waals surface area contributed by atoms with E-state index >= 15 is 0 Å². The van der Waals surface area contributed by atoms with Gasteiger partial charge in [0.25, 0.3) is 0 Å². The van der Waals surface area contributed by atoms with Crippen molar-refractivity contribution >= 4 is 17.5 Å². The smallest absolute Gasteiger partial charge is 0.229 e. The molecule has 4 heteroatoms. The van der Waals surface area contributed by atoms with E-state index in [1.54, 1.807) is 0 Å². The van der Waals surface area contributed by atoms with Gasteiger partial charge in [0.2, 0.25) is 11.8 Å². The van der Waals surface area contributed by atoms with Gasteiger partial charge in [0, 0.05) is 24.7 Å². The molecule has 4 nitrogen and oxygen atoms in total. The predicted octanol–water partition coefficient (Wildman–Crippen LogP) is 2.90. The van der Waals surface area contributed by atoms with E-state index in [-0.39, 0.29) is 17.7 Å². The number of likely N-dealkylation sites (tertiary alicyclic amines) is 1. The molecule has 3 rings (SSSR count). The molecule has 1 aromatic rings. The van der Waals surface area contributed by atoms with E-state index in [9.17, 15) is 9.59 Å². The standard InChI is InChI=1S/C18H24N2O2/c1-3-13-7-4-6-12(2)17(13)19-18(22)14-10-16(21)20(11-14)15-8-5-9-15/h4,6-7,14-15H,3,5,8-11H2,1-2H3,(H,19,22). The topological polar surface area (TPSA) is 49.4 Å². The highest BCUT2D eigenvalue weighted by atomic mass is 16.2. The van der Waals surface area contributed by atoms with Crippen molar-refractivity contribution in [3.05, 3.63) is 29.3 Å². The third-order valence-corrected chi connectivity index (χ3v) is 5.03. The number of rotatable bonds is 4. The van der Waals surface area contributed by atoms with E-state index in [2.05, 4.69) is 12.2 Å². The molecule has 22 heavy (non-hydrogen) atoms.